The van der Waals surface area contributed by atoms with Crippen LogP contribution in [0.3, 0.4) is 0 Å². The minimum Gasteiger partial charge on any atom is -0.352 e. The molecule has 1 aliphatic carbocycles. The Bertz CT molecular complexity index is 913. The van der Waals surface area contributed by atoms with Crippen molar-refractivity contribution < 1.29 is 14.0 Å². The number of hydrogen-bond acceptors (Lipinski definition) is 3. The van der Waals surface area contributed by atoms with Crippen LogP contribution in [0.1, 0.15) is 62.1 Å². The van der Waals surface area contributed by atoms with Crippen LogP contribution in [-0.4, -0.2) is 34.6 Å². The molecule has 0 spiro atoms. The lowest BCUT2D eigenvalue weighted by atomic mass is 9.95. The lowest BCUT2D eigenvalue weighted by Gasteiger charge is -2.32. The molecule has 2 aromatic carbocycles. The first-order valence-electron chi connectivity index (χ1n) is 11.9. The smallest absolute Gasteiger partial charge is 0.243 e. The molecule has 3 rings (SSSR count). The number of nitrogens with one attached hydrogen (secondary N) is 1. The van der Waals surface area contributed by atoms with Gasteiger partial charge in [0.05, 0.1) is 5.75 Å². The number of rotatable bonds is 10. The van der Waals surface area contributed by atoms with Gasteiger partial charge in [-0.3, -0.25) is 9.59 Å². The Morgan fingerprint density at radius 3 is 2.45 bits per heavy atom. The molecule has 33 heavy (non-hydrogen) atoms. The normalized spacial score (nSPS) is 15.1. The van der Waals surface area contributed by atoms with Gasteiger partial charge in [0, 0.05) is 18.3 Å². The number of carbonyl (C=O) groups is 2. The molecule has 2 amide bonds. The third kappa shape index (κ3) is 7.60. The zero-order chi connectivity index (χ0) is 23.6. The van der Waals surface area contributed by atoms with Crippen molar-refractivity contribution >= 4 is 23.6 Å². The van der Waals surface area contributed by atoms with Gasteiger partial charge in [-0.15, -0.1) is 11.8 Å². The third-order valence-electron chi connectivity index (χ3n) is 6.35. The number of benzene rings is 2. The van der Waals surface area contributed by atoms with Gasteiger partial charge in [-0.25, -0.2) is 4.39 Å². The number of aryl methyl sites for hydroxylation is 1. The Kier molecular flexibility index (Phi) is 9.79. The van der Waals surface area contributed by atoms with Crippen LogP contribution in [0.15, 0.2) is 48.5 Å². The molecule has 1 saturated carbocycles. The minimum atomic E-state index is -0.538. The van der Waals surface area contributed by atoms with Gasteiger partial charge >= 0.3 is 0 Å². The van der Waals surface area contributed by atoms with Crippen molar-refractivity contribution in [2.24, 2.45) is 0 Å². The summed E-state index contributed by atoms with van der Waals surface area (Å²) >= 11 is 1.56. The van der Waals surface area contributed by atoms with Crippen molar-refractivity contribution in [2.45, 2.75) is 76.8 Å². The van der Waals surface area contributed by atoms with Crippen LogP contribution in [0.5, 0.6) is 0 Å². The molecule has 6 heteroatoms. The molecule has 2 aromatic rings. The molecule has 1 N–H and O–H groups in total. The zero-order valence-electron chi connectivity index (χ0n) is 19.7. The van der Waals surface area contributed by atoms with E-state index in [1.165, 1.54) is 29.7 Å². The summed E-state index contributed by atoms with van der Waals surface area (Å²) in [7, 11) is 0. The summed E-state index contributed by atoms with van der Waals surface area (Å²) in [4.78, 5) is 28.2. The maximum atomic E-state index is 13.4. The highest BCUT2D eigenvalue weighted by Gasteiger charge is 2.30. The van der Waals surface area contributed by atoms with E-state index in [-0.39, 0.29) is 23.7 Å². The molecule has 0 aromatic heterocycles. The molecule has 1 fully saturated rings. The quantitative estimate of drug-likeness (QED) is 0.490. The van der Waals surface area contributed by atoms with Crippen molar-refractivity contribution in [3.05, 3.63) is 71.0 Å². The lowest BCUT2D eigenvalue weighted by Crippen LogP contribution is -2.52. The van der Waals surface area contributed by atoms with E-state index in [4.69, 9.17) is 0 Å². The number of thioether (sulfide) groups is 1. The van der Waals surface area contributed by atoms with Gasteiger partial charge in [-0.05, 0) is 55.0 Å². The molecule has 0 aliphatic heterocycles. The van der Waals surface area contributed by atoms with E-state index >= 15 is 0 Å². The van der Waals surface area contributed by atoms with Crippen molar-refractivity contribution in [1.82, 2.24) is 10.2 Å². The maximum absolute atomic E-state index is 13.4. The summed E-state index contributed by atoms with van der Waals surface area (Å²) in [6, 6.07) is 14.0. The van der Waals surface area contributed by atoms with Gasteiger partial charge in [-0.1, -0.05) is 62.6 Å². The molecular weight excluding hydrogens is 435 g/mol. The highest BCUT2D eigenvalue weighted by Crippen LogP contribution is 2.21. The molecule has 0 unspecified atom stereocenters. The number of halogens is 1. The Hall–Kier alpha value is -2.34. The van der Waals surface area contributed by atoms with Gasteiger partial charge in [0.2, 0.25) is 11.8 Å². The molecule has 1 atom stereocenters. The number of nitrogens with zero attached hydrogens (tertiary/aromatic N) is 1. The SMILES string of the molecule is CC[C@@H](C(=O)NC1CCCCC1)N(Cc1ccc(F)cc1)C(=O)CSCc1ccccc1C. The summed E-state index contributed by atoms with van der Waals surface area (Å²) in [6.07, 6.45) is 6.02. The van der Waals surface area contributed by atoms with Crippen LogP contribution < -0.4 is 5.32 Å². The molecule has 1 aliphatic rings. The fourth-order valence-corrected chi connectivity index (χ4v) is 5.34. The summed E-state index contributed by atoms with van der Waals surface area (Å²) in [6.45, 7) is 4.30. The minimum absolute atomic E-state index is 0.0662. The summed E-state index contributed by atoms with van der Waals surface area (Å²) in [5.74, 6) is 0.580. The van der Waals surface area contributed by atoms with E-state index in [9.17, 15) is 14.0 Å². The van der Waals surface area contributed by atoms with Crippen LogP contribution in [0.25, 0.3) is 0 Å². The topological polar surface area (TPSA) is 49.4 Å². The van der Waals surface area contributed by atoms with E-state index in [2.05, 4.69) is 24.4 Å². The third-order valence-corrected chi connectivity index (χ3v) is 7.31. The van der Waals surface area contributed by atoms with Gasteiger partial charge in [0.25, 0.3) is 0 Å². The van der Waals surface area contributed by atoms with Gasteiger partial charge in [-0.2, -0.15) is 0 Å². The van der Waals surface area contributed by atoms with Crippen LogP contribution in [0.4, 0.5) is 4.39 Å². The van der Waals surface area contributed by atoms with Crippen molar-refractivity contribution in [1.29, 1.82) is 0 Å². The van der Waals surface area contributed by atoms with E-state index in [1.54, 1.807) is 28.8 Å². The molecule has 178 valence electrons. The monoisotopic (exact) mass is 470 g/mol. The number of carbonyl (C=O) groups excluding carboxylic acids is 2. The van der Waals surface area contributed by atoms with Gasteiger partial charge in [0.1, 0.15) is 11.9 Å². The largest absolute Gasteiger partial charge is 0.352 e. The molecule has 0 bridgehead atoms. The first kappa shape index (κ1) is 25.3. The number of amides is 2. The predicted molar refractivity (Wildman–Crippen MR) is 133 cm³/mol. The average molecular weight is 471 g/mol. The Labute approximate surface area is 201 Å². The molecule has 0 heterocycles. The van der Waals surface area contributed by atoms with Crippen LogP contribution in [-0.2, 0) is 21.9 Å². The molecule has 0 radical (unpaired) electrons. The molecular formula is C27H35FN2O2S. The first-order valence-corrected chi connectivity index (χ1v) is 13.1. The van der Waals surface area contributed by atoms with Gasteiger partial charge < -0.3 is 10.2 Å². The predicted octanol–water partition coefficient (Wildman–Crippen LogP) is 5.62. The Morgan fingerprint density at radius 2 is 1.79 bits per heavy atom. The van der Waals surface area contributed by atoms with Crippen molar-refractivity contribution in [2.75, 3.05) is 5.75 Å². The van der Waals surface area contributed by atoms with Crippen LogP contribution >= 0.6 is 11.8 Å². The van der Waals surface area contributed by atoms with Crippen LogP contribution in [0.2, 0.25) is 0 Å². The first-order chi connectivity index (χ1) is 16.0. The summed E-state index contributed by atoms with van der Waals surface area (Å²) in [5.41, 5.74) is 3.24. The van der Waals surface area contributed by atoms with E-state index in [0.29, 0.717) is 18.7 Å². The fraction of sp³-hybridized carbons (Fsp3) is 0.481. The molecule has 0 saturated heterocycles. The average Bonchev–Trinajstić information content (AvgIpc) is 2.82. The zero-order valence-corrected chi connectivity index (χ0v) is 20.5. The van der Waals surface area contributed by atoms with E-state index < -0.39 is 6.04 Å². The van der Waals surface area contributed by atoms with Gasteiger partial charge in [0.15, 0.2) is 0 Å². The van der Waals surface area contributed by atoms with Crippen molar-refractivity contribution in [3.63, 3.8) is 0 Å². The highest BCUT2D eigenvalue weighted by molar-refractivity contribution is 7.99. The summed E-state index contributed by atoms with van der Waals surface area (Å²) < 4.78 is 13.4. The van der Waals surface area contributed by atoms with E-state index in [1.807, 2.05) is 19.1 Å². The lowest BCUT2D eigenvalue weighted by molar-refractivity contribution is -0.139. The molecule has 4 nitrogen and oxygen atoms in total. The van der Waals surface area contributed by atoms with Crippen molar-refractivity contribution in [3.8, 4) is 0 Å². The standard InChI is InChI=1S/C27H35FN2O2S/c1-3-25(27(32)29-24-11-5-4-6-12-24)30(17-21-13-15-23(28)16-14-21)26(31)19-33-18-22-10-8-7-9-20(22)2/h7-10,13-16,24-25H,3-6,11-12,17-19H2,1-2H3,(H,29,32)/t25-/m0/s1. The second kappa shape index (κ2) is 12.8. The maximum Gasteiger partial charge on any atom is 0.243 e. The number of hydrogen-bond donors (Lipinski definition) is 1. The van der Waals surface area contributed by atoms with E-state index in [0.717, 1.165) is 37.0 Å². The second-order valence-corrected chi connectivity index (χ2v) is 9.82. The highest BCUT2D eigenvalue weighted by atomic mass is 32.2. The Balaban J connectivity index is 1.70. The fourth-order valence-electron chi connectivity index (χ4n) is 4.35. The van der Waals surface area contributed by atoms with Crippen LogP contribution in [0, 0.1) is 12.7 Å². The second-order valence-electron chi connectivity index (χ2n) is 8.83. The summed E-state index contributed by atoms with van der Waals surface area (Å²) in [5, 5.41) is 3.19. The Morgan fingerprint density at radius 1 is 1.09 bits per heavy atom.